The van der Waals surface area contributed by atoms with Gasteiger partial charge >= 0.3 is 6.09 Å². The van der Waals surface area contributed by atoms with Crippen molar-refractivity contribution in [2.75, 3.05) is 6.54 Å². The number of aromatic nitrogens is 1. The van der Waals surface area contributed by atoms with E-state index in [2.05, 4.69) is 40.9 Å². The van der Waals surface area contributed by atoms with Crippen LogP contribution in [0.3, 0.4) is 0 Å². The number of hydrogen-bond donors (Lipinski definition) is 2. The summed E-state index contributed by atoms with van der Waals surface area (Å²) in [5, 5.41) is 14.0. The maximum absolute atomic E-state index is 12.3. The van der Waals surface area contributed by atoms with E-state index < -0.39 is 6.09 Å². The number of fused-ring (bicyclic) bond motifs is 2. The Hall–Kier alpha value is -3.46. The van der Waals surface area contributed by atoms with Gasteiger partial charge in [-0.15, -0.1) is 0 Å². The summed E-state index contributed by atoms with van der Waals surface area (Å²) in [4.78, 5) is 17.5. The fourth-order valence-corrected chi connectivity index (χ4v) is 4.71. The number of nitrogens with zero attached hydrogens (tertiary/aromatic N) is 2. The van der Waals surface area contributed by atoms with Gasteiger partial charge in [0.05, 0.1) is 12.1 Å². The lowest BCUT2D eigenvalue weighted by Gasteiger charge is -2.44. The second kappa shape index (κ2) is 6.61. The monoisotopic (exact) mass is 372 g/mol. The lowest BCUT2D eigenvalue weighted by atomic mass is 9.74. The Morgan fingerprint density at radius 1 is 1.21 bits per heavy atom. The molecule has 2 N–H and O–H groups in total. The van der Waals surface area contributed by atoms with Gasteiger partial charge in [0.25, 0.3) is 0 Å². The summed E-state index contributed by atoms with van der Waals surface area (Å²) in [6.07, 6.45) is 5.55. The van der Waals surface area contributed by atoms with E-state index >= 15 is 0 Å². The first-order chi connectivity index (χ1) is 13.7. The number of likely N-dealkylation sites (tertiary alicyclic amines) is 1. The Kier molecular flexibility index (Phi) is 3.94. The number of rotatable bonds is 2. The summed E-state index contributed by atoms with van der Waals surface area (Å²) in [7, 11) is 0. The third kappa shape index (κ3) is 2.76. The van der Waals surface area contributed by atoms with Gasteiger partial charge in [0.15, 0.2) is 6.19 Å². The lowest BCUT2D eigenvalue weighted by molar-refractivity contribution is 0.146. The summed E-state index contributed by atoms with van der Waals surface area (Å²) in [5.74, 6) is 0.702. The molecule has 2 aliphatic rings. The number of aromatic amines is 1. The first kappa shape index (κ1) is 16.7. The molecule has 1 fully saturated rings. The zero-order chi connectivity index (χ0) is 19.1. The van der Waals surface area contributed by atoms with E-state index in [9.17, 15) is 10.1 Å². The summed E-state index contributed by atoms with van der Waals surface area (Å²) in [5.41, 5.74) is 3.66. The largest absolute Gasteiger partial charge is 0.412 e. The Morgan fingerprint density at radius 3 is 2.89 bits per heavy atom. The molecule has 140 valence electrons. The zero-order valence-corrected chi connectivity index (χ0v) is 15.3. The highest BCUT2D eigenvalue weighted by Gasteiger charge is 2.41. The van der Waals surface area contributed by atoms with E-state index in [1.807, 2.05) is 23.1 Å². The number of H-pyrrole nitrogens is 1. The minimum atomic E-state index is -0.483. The van der Waals surface area contributed by atoms with E-state index in [0.29, 0.717) is 12.3 Å². The number of carbonyl (C=O) groups excluding carboxylic acids is 1. The third-order valence-corrected chi connectivity index (χ3v) is 5.87. The van der Waals surface area contributed by atoms with Crippen molar-refractivity contribution in [3.63, 3.8) is 0 Å². The van der Waals surface area contributed by atoms with Gasteiger partial charge in [-0.2, -0.15) is 5.26 Å². The molecule has 6 heteroatoms. The molecule has 1 amide bonds. The molecule has 0 spiro atoms. The predicted octanol–water partition coefficient (Wildman–Crippen LogP) is 3.52. The van der Waals surface area contributed by atoms with Crippen LogP contribution in [0.1, 0.15) is 23.5 Å². The smallest absolute Gasteiger partial charge is 0.410 e. The highest BCUT2D eigenvalue weighted by Crippen LogP contribution is 2.43. The van der Waals surface area contributed by atoms with Crippen LogP contribution in [-0.4, -0.2) is 34.6 Å². The van der Waals surface area contributed by atoms with Crippen molar-refractivity contribution in [1.82, 2.24) is 15.2 Å². The first-order valence-electron chi connectivity index (χ1n) is 9.51. The number of para-hydroxylation sites is 1. The van der Waals surface area contributed by atoms with Crippen LogP contribution in [0.5, 0.6) is 5.75 Å². The van der Waals surface area contributed by atoms with Crippen LogP contribution in [0.25, 0.3) is 10.9 Å². The van der Waals surface area contributed by atoms with Gasteiger partial charge in [0.2, 0.25) is 0 Å². The Balaban J connectivity index is 1.39. The zero-order valence-electron chi connectivity index (χ0n) is 15.3. The standard InChI is InChI=1S/C22H20N4O2/c23-13-26-12-15(25-22(27)28-16-5-2-1-3-6-16)10-18-17-7-4-8-19-21(17)14(11-24-19)9-20(18)26/h1-8,11,15,18,20,24H,9-10,12H2,(H,25,27)/t15?,18-,20-/m1/s1. The molecule has 1 aromatic heterocycles. The fourth-order valence-electron chi connectivity index (χ4n) is 4.71. The number of nitriles is 1. The van der Waals surface area contributed by atoms with Crippen LogP contribution in [0, 0.1) is 11.5 Å². The molecule has 2 heterocycles. The van der Waals surface area contributed by atoms with Crippen LogP contribution in [-0.2, 0) is 6.42 Å². The highest BCUT2D eigenvalue weighted by atomic mass is 16.6. The van der Waals surface area contributed by atoms with E-state index in [0.717, 1.165) is 18.4 Å². The molecule has 3 aromatic rings. The van der Waals surface area contributed by atoms with Crippen LogP contribution in [0.4, 0.5) is 4.79 Å². The summed E-state index contributed by atoms with van der Waals surface area (Å²) in [6.45, 7) is 0.497. The maximum atomic E-state index is 12.3. The van der Waals surface area contributed by atoms with Crippen molar-refractivity contribution in [1.29, 1.82) is 5.26 Å². The number of nitrogens with one attached hydrogen (secondary N) is 2. The second-order valence-corrected chi connectivity index (χ2v) is 7.49. The summed E-state index contributed by atoms with van der Waals surface area (Å²) >= 11 is 0. The third-order valence-electron chi connectivity index (χ3n) is 5.87. The molecule has 5 rings (SSSR count). The molecule has 0 bridgehead atoms. The molecule has 0 saturated carbocycles. The van der Waals surface area contributed by atoms with Crippen molar-refractivity contribution in [3.05, 3.63) is 65.9 Å². The fraction of sp³-hybridized carbons (Fsp3) is 0.273. The van der Waals surface area contributed by atoms with Crippen molar-refractivity contribution < 1.29 is 9.53 Å². The van der Waals surface area contributed by atoms with Gasteiger partial charge in [0, 0.05) is 29.6 Å². The molecule has 1 aliphatic carbocycles. The number of ether oxygens (including phenoxy) is 1. The lowest BCUT2D eigenvalue weighted by Crippen LogP contribution is -2.55. The molecule has 6 nitrogen and oxygen atoms in total. The van der Waals surface area contributed by atoms with Crippen LogP contribution in [0.15, 0.2) is 54.7 Å². The normalized spacial score (nSPS) is 23.0. The van der Waals surface area contributed by atoms with Crippen molar-refractivity contribution in [2.24, 2.45) is 0 Å². The van der Waals surface area contributed by atoms with Gasteiger partial charge in [-0.05, 0) is 42.2 Å². The molecule has 28 heavy (non-hydrogen) atoms. The Bertz CT molecular complexity index is 1070. The summed E-state index contributed by atoms with van der Waals surface area (Å²) < 4.78 is 5.37. The van der Waals surface area contributed by atoms with Crippen LogP contribution >= 0.6 is 0 Å². The number of amides is 1. The highest BCUT2D eigenvalue weighted by molar-refractivity contribution is 5.88. The van der Waals surface area contributed by atoms with Gasteiger partial charge in [-0.1, -0.05) is 30.3 Å². The minimum Gasteiger partial charge on any atom is -0.410 e. The first-order valence-corrected chi connectivity index (χ1v) is 9.51. The van der Waals surface area contributed by atoms with E-state index in [1.165, 1.54) is 16.5 Å². The van der Waals surface area contributed by atoms with Crippen molar-refractivity contribution in [2.45, 2.75) is 30.8 Å². The predicted molar refractivity (Wildman–Crippen MR) is 105 cm³/mol. The number of piperidine rings is 1. The van der Waals surface area contributed by atoms with Crippen LogP contribution in [0.2, 0.25) is 0 Å². The number of hydrogen-bond acceptors (Lipinski definition) is 4. The topological polar surface area (TPSA) is 81.2 Å². The maximum Gasteiger partial charge on any atom is 0.412 e. The second-order valence-electron chi connectivity index (χ2n) is 7.49. The molecule has 1 aliphatic heterocycles. The molecule has 1 unspecified atom stereocenters. The molecule has 0 radical (unpaired) electrons. The molecule has 2 aromatic carbocycles. The number of carbonyl (C=O) groups is 1. The Labute approximate surface area is 162 Å². The van der Waals surface area contributed by atoms with E-state index in [-0.39, 0.29) is 18.0 Å². The van der Waals surface area contributed by atoms with Gasteiger partial charge < -0.3 is 19.9 Å². The van der Waals surface area contributed by atoms with Gasteiger partial charge in [0.1, 0.15) is 5.75 Å². The van der Waals surface area contributed by atoms with Crippen LogP contribution < -0.4 is 10.1 Å². The molecule has 1 saturated heterocycles. The Morgan fingerprint density at radius 2 is 2.07 bits per heavy atom. The quantitative estimate of drug-likeness (QED) is 0.675. The molecular weight excluding hydrogens is 352 g/mol. The van der Waals surface area contributed by atoms with Crippen molar-refractivity contribution in [3.8, 4) is 11.9 Å². The van der Waals surface area contributed by atoms with E-state index in [1.54, 1.807) is 12.1 Å². The number of benzene rings is 2. The van der Waals surface area contributed by atoms with E-state index in [4.69, 9.17) is 4.74 Å². The molecular formula is C22H20N4O2. The van der Waals surface area contributed by atoms with Gasteiger partial charge in [-0.3, -0.25) is 0 Å². The van der Waals surface area contributed by atoms with Gasteiger partial charge in [-0.25, -0.2) is 4.79 Å². The summed E-state index contributed by atoms with van der Waals surface area (Å²) in [6, 6.07) is 15.3. The average molecular weight is 372 g/mol. The SMILES string of the molecule is N#CN1CC(NC(=O)Oc2ccccc2)C[C@@H]2c3cccc4[nH]cc(c34)C[C@H]21. The minimum absolute atomic E-state index is 0.127. The molecule has 3 atom stereocenters. The van der Waals surface area contributed by atoms with Crippen molar-refractivity contribution >= 4 is 17.0 Å². The average Bonchev–Trinajstić information content (AvgIpc) is 3.13.